The van der Waals surface area contributed by atoms with Gasteiger partial charge in [-0.3, -0.25) is 29.1 Å². The summed E-state index contributed by atoms with van der Waals surface area (Å²) in [4.78, 5) is 41.5. The molecule has 0 spiro atoms. The lowest BCUT2D eigenvalue weighted by Crippen LogP contribution is -2.51. The van der Waals surface area contributed by atoms with Crippen LogP contribution in [0, 0.1) is 5.92 Å². The molecular weight excluding hydrogens is 380 g/mol. The van der Waals surface area contributed by atoms with Crippen molar-refractivity contribution >= 4 is 17.9 Å². The van der Waals surface area contributed by atoms with Gasteiger partial charge in [0, 0.05) is 58.4 Å². The Labute approximate surface area is 172 Å². The summed E-state index contributed by atoms with van der Waals surface area (Å²) < 4.78 is 0. The Morgan fingerprint density at radius 2 is 1.21 bits per heavy atom. The van der Waals surface area contributed by atoms with Crippen molar-refractivity contribution in [3.63, 3.8) is 0 Å². The van der Waals surface area contributed by atoms with Crippen molar-refractivity contribution in [2.75, 3.05) is 72.0 Å². The highest BCUT2D eigenvalue weighted by molar-refractivity contribution is 5.70. The number of carboxylic acid groups (broad SMARTS) is 3. The van der Waals surface area contributed by atoms with Gasteiger partial charge in [0.1, 0.15) is 0 Å². The topological polar surface area (TPSA) is 125 Å². The normalized spacial score (nSPS) is 22.1. The Hall–Kier alpha value is -1.75. The summed E-state index contributed by atoms with van der Waals surface area (Å²) in [5.41, 5.74) is 0. The van der Waals surface area contributed by atoms with Gasteiger partial charge in [0.2, 0.25) is 0 Å². The van der Waals surface area contributed by atoms with Gasteiger partial charge in [-0.05, 0) is 12.8 Å². The third-order valence-electron chi connectivity index (χ3n) is 4.99. The molecule has 1 fully saturated rings. The molecule has 0 radical (unpaired) electrons. The Morgan fingerprint density at radius 3 is 1.72 bits per heavy atom. The summed E-state index contributed by atoms with van der Waals surface area (Å²) in [5, 5.41) is 27.7. The minimum absolute atomic E-state index is 0.0874. The molecule has 1 aliphatic rings. The van der Waals surface area contributed by atoms with Crippen LogP contribution in [0.5, 0.6) is 0 Å². The summed E-state index contributed by atoms with van der Waals surface area (Å²) in [6.07, 6.45) is 0. The van der Waals surface area contributed by atoms with Crippen LogP contribution in [-0.2, 0) is 14.4 Å². The van der Waals surface area contributed by atoms with Crippen LogP contribution in [0.3, 0.4) is 0 Å². The fourth-order valence-corrected chi connectivity index (χ4v) is 3.65. The molecule has 1 aliphatic heterocycles. The molecule has 0 aromatic rings. The zero-order valence-electron chi connectivity index (χ0n) is 17.8. The van der Waals surface area contributed by atoms with Gasteiger partial charge in [-0.1, -0.05) is 13.8 Å². The average molecular weight is 417 g/mol. The molecule has 29 heavy (non-hydrogen) atoms. The predicted molar refractivity (Wildman–Crippen MR) is 108 cm³/mol. The lowest BCUT2D eigenvalue weighted by Gasteiger charge is -2.36. The summed E-state index contributed by atoms with van der Waals surface area (Å²) in [5.74, 6) is -2.33. The second kappa shape index (κ2) is 12.7. The fourth-order valence-electron chi connectivity index (χ4n) is 3.65. The van der Waals surface area contributed by atoms with Crippen LogP contribution < -0.4 is 0 Å². The molecule has 0 aromatic heterocycles. The van der Waals surface area contributed by atoms with Crippen molar-refractivity contribution in [3.8, 4) is 0 Å². The SMILES string of the molecule is CC(C)CN1CCN(CC(=O)O)CCN(CC(=O)O)C(C)CN(CC(=O)O)CC1. The van der Waals surface area contributed by atoms with Gasteiger partial charge in [-0.25, -0.2) is 0 Å². The van der Waals surface area contributed by atoms with E-state index in [0.29, 0.717) is 51.7 Å². The van der Waals surface area contributed by atoms with Crippen LogP contribution in [0.1, 0.15) is 20.8 Å². The summed E-state index contributed by atoms with van der Waals surface area (Å²) >= 11 is 0. The molecule has 0 aromatic carbocycles. The second-order valence-corrected chi connectivity index (χ2v) is 8.21. The van der Waals surface area contributed by atoms with Gasteiger partial charge in [0.15, 0.2) is 0 Å². The van der Waals surface area contributed by atoms with Crippen LogP contribution in [0.15, 0.2) is 0 Å². The Morgan fingerprint density at radius 1 is 0.759 bits per heavy atom. The van der Waals surface area contributed by atoms with E-state index in [0.717, 1.165) is 6.54 Å². The van der Waals surface area contributed by atoms with E-state index in [9.17, 15) is 29.7 Å². The van der Waals surface area contributed by atoms with Crippen molar-refractivity contribution in [1.29, 1.82) is 0 Å². The lowest BCUT2D eigenvalue weighted by molar-refractivity contribution is -0.141. The van der Waals surface area contributed by atoms with Crippen LogP contribution in [0.25, 0.3) is 0 Å². The van der Waals surface area contributed by atoms with E-state index in [1.165, 1.54) is 0 Å². The van der Waals surface area contributed by atoms with Gasteiger partial charge < -0.3 is 20.2 Å². The lowest BCUT2D eigenvalue weighted by atomic mass is 10.2. The van der Waals surface area contributed by atoms with Crippen LogP contribution in [-0.4, -0.2) is 131 Å². The first kappa shape index (κ1) is 25.3. The Kier molecular flexibility index (Phi) is 11.1. The number of hydrogen-bond donors (Lipinski definition) is 3. The molecule has 10 nitrogen and oxygen atoms in total. The fraction of sp³-hybridized carbons (Fsp3) is 0.842. The highest BCUT2D eigenvalue weighted by Gasteiger charge is 2.24. The molecule has 10 heteroatoms. The highest BCUT2D eigenvalue weighted by Crippen LogP contribution is 2.07. The zero-order valence-corrected chi connectivity index (χ0v) is 17.8. The summed E-state index contributed by atoms with van der Waals surface area (Å²) in [6, 6.07) is -0.171. The quantitative estimate of drug-likeness (QED) is 0.477. The van der Waals surface area contributed by atoms with Gasteiger partial charge in [0.05, 0.1) is 19.6 Å². The molecule has 1 unspecified atom stereocenters. The molecule has 1 rings (SSSR count). The van der Waals surface area contributed by atoms with Crippen LogP contribution in [0.4, 0.5) is 0 Å². The molecule has 0 aliphatic carbocycles. The number of carboxylic acids is 3. The van der Waals surface area contributed by atoms with Gasteiger partial charge in [-0.2, -0.15) is 0 Å². The Balaban J connectivity index is 3.00. The third kappa shape index (κ3) is 11.1. The van der Waals surface area contributed by atoms with E-state index in [1.54, 1.807) is 4.90 Å². The molecule has 168 valence electrons. The molecule has 3 N–H and O–H groups in total. The van der Waals surface area contributed by atoms with E-state index in [2.05, 4.69) is 18.7 Å². The molecule has 0 bridgehead atoms. The first-order valence-corrected chi connectivity index (χ1v) is 10.1. The first-order chi connectivity index (χ1) is 13.6. The van der Waals surface area contributed by atoms with Crippen molar-refractivity contribution in [2.24, 2.45) is 5.92 Å². The molecular formula is C19H36N4O6. The van der Waals surface area contributed by atoms with E-state index in [4.69, 9.17) is 0 Å². The van der Waals surface area contributed by atoms with Gasteiger partial charge in [0.25, 0.3) is 0 Å². The summed E-state index contributed by atoms with van der Waals surface area (Å²) in [6.45, 7) is 10.4. The molecule has 1 heterocycles. The minimum atomic E-state index is -0.957. The van der Waals surface area contributed by atoms with Crippen molar-refractivity contribution in [3.05, 3.63) is 0 Å². The molecule has 1 saturated heterocycles. The van der Waals surface area contributed by atoms with Crippen molar-refractivity contribution < 1.29 is 29.7 Å². The smallest absolute Gasteiger partial charge is 0.317 e. The van der Waals surface area contributed by atoms with E-state index < -0.39 is 17.9 Å². The maximum absolute atomic E-state index is 11.3. The monoisotopic (exact) mass is 416 g/mol. The molecule has 1 atom stereocenters. The maximum atomic E-state index is 11.3. The van der Waals surface area contributed by atoms with Gasteiger partial charge >= 0.3 is 17.9 Å². The van der Waals surface area contributed by atoms with E-state index in [1.807, 2.05) is 16.7 Å². The maximum Gasteiger partial charge on any atom is 0.317 e. The number of hydrogen-bond acceptors (Lipinski definition) is 7. The van der Waals surface area contributed by atoms with Crippen molar-refractivity contribution in [1.82, 2.24) is 19.6 Å². The molecule has 0 saturated carbocycles. The third-order valence-corrected chi connectivity index (χ3v) is 4.99. The van der Waals surface area contributed by atoms with Crippen LogP contribution in [0.2, 0.25) is 0 Å². The van der Waals surface area contributed by atoms with E-state index >= 15 is 0 Å². The van der Waals surface area contributed by atoms with Crippen molar-refractivity contribution in [2.45, 2.75) is 26.8 Å². The van der Waals surface area contributed by atoms with Gasteiger partial charge in [-0.15, -0.1) is 0 Å². The first-order valence-electron chi connectivity index (χ1n) is 10.1. The number of carbonyl (C=O) groups is 3. The zero-order chi connectivity index (χ0) is 22.0. The molecule has 0 amide bonds. The number of rotatable bonds is 8. The largest absolute Gasteiger partial charge is 0.480 e. The average Bonchev–Trinajstić information content (AvgIpc) is 2.57. The standard InChI is InChI=1S/C19H36N4O6/c1-15(2)10-20-4-5-21(12-17(24)25)8-9-23(14-19(28)29)16(3)11-22(7-6-20)13-18(26)27/h15-16H,4-14H2,1-3H3,(H,24,25)(H,26,27)(H,28,29). The Bertz CT molecular complexity index is 545. The minimum Gasteiger partial charge on any atom is -0.480 e. The number of nitrogens with zero attached hydrogens (tertiary/aromatic N) is 4. The number of aliphatic carboxylic acids is 3. The highest BCUT2D eigenvalue weighted by atomic mass is 16.4. The van der Waals surface area contributed by atoms with Crippen LogP contribution >= 0.6 is 0 Å². The second-order valence-electron chi connectivity index (χ2n) is 8.21. The summed E-state index contributed by atoms with van der Waals surface area (Å²) in [7, 11) is 0. The van der Waals surface area contributed by atoms with E-state index in [-0.39, 0.29) is 25.7 Å². The predicted octanol–water partition coefficient (Wildman–Crippen LogP) is -0.494.